The first-order valence-electron chi connectivity index (χ1n) is 7.30. The molecule has 3 atom stereocenters. The van der Waals surface area contributed by atoms with Crippen LogP contribution in [-0.4, -0.2) is 22.9 Å². The van der Waals surface area contributed by atoms with Crippen molar-refractivity contribution in [2.45, 2.75) is 26.2 Å². The summed E-state index contributed by atoms with van der Waals surface area (Å²) in [5.74, 6) is -1.75. The van der Waals surface area contributed by atoms with Crippen molar-refractivity contribution in [1.29, 1.82) is 0 Å². The molecular formula is C16H16ClNO4. The molecule has 2 amide bonds. The van der Waals surface area contributed by atoms with Crippen molar-refractivity contribution in [2.24, 2.45) is 17.8 Å². The fourth-order valence-electron chi connectivity index (χ4n) is 3.46. The van der Waals surface area contributed by atoms with Gasteiger partial charge in [-0.15, -0.1) is 0 Å². The summed E-state index contributed by atoms with van der Waals surface area (Å²) in [7, 11) is 0. The number of benzene rings is 1. The fraction of sp³-hybridized carbons (Fsp3) is 0.438. The largest absolute Gasteiger partial charge is 0.478 e. The number of anilines is 1. The number of imide groups is 1. The average Bonchev–Trinajstić information content (AvgIpc) is 2.71. The van der Waals surface area contributed by atoms with Crippen molar-refractivity contribution in [3.8, 4) is 0 Å². The van der Waals surface area contributed by atoms with E-state index in [0.717, 1.165) is 11.3 Å². The number of amides is 2. The van der Waals surface area contributed by atoms with Gasteiger partial charge in [0.25, 0.3) is 0 Å². The number of hydrogen-bond donors (Lipinski definition) is 1. The summed E-state index contributed by atoms with van der Waals surface area (Å²) in [6.07, 6.45) is 2.37. The van der Waals surface area contributed by atoms with Crippen molar-refractivity contribution in [2.75, 3.05) is 4.90 Å². The van der Waals surface area contributed by atoms with E-state index in [4.69, 9.17) is 16.7 Å². The minimum atomic E-state index is -1.18. The van der Waals surface area contributed by atoms with Crippen molar-refractivity contribution in [3.05, 3.63) is 28.8 Å². The Hall–Kier alpha value is -1.88. The summed E-state index contributed by atoms with van der Waals surface area (Å²) in [5.41, 5.74) is 0.182. The summed E-state index contributed by atoms with van der Waals surface area (Å²) < 4.78 is 0. The van der Waals surface area contributed by atoms with E-state index in [1.54, 1.807) is 0 Å². The molecule has 0 aromatic heterocycles. The Morgan fingerprint density at radius 2 is 1.91 bits per heavy atom. The van der Waals surface area contributed by atoms with Crippen LogP contribution in [0.2, 0.25) is 5.02 Å². The van der Waals surface area contributed by atoms with E-state index in [9.17, 15) is 14.4 Å². The van der Waals surface area contributed by atoms with Crippen LogP contribution in [0.25, 0.3) is 0 Å². The Kier molecular flexibility index (Phi) is 3.68. The van der Waals surface area contributed by atoms with Gasteiger partial charge in [0.1, 0.15) is 0 Å². The van der Waals surface area contributed by atoms with Crippen LogP contribution in [0, 0.1) is 17.8 Å². The van der Waals surface area contributed by atoms with Crippen LogP contribution in [0.5, 0.6) is 0 Å². The third-order valence-electron chi connectivity index (χ3n) is 4.63. The Labute approximate surface area is 132 Å². The second-order valence-electron chi connectivity index (χ2n) is 6.11. The van der Waals surface area contributed by atoms with Crippen molar-refractivity contribution >= 4 is 35.1 Å². The molecule has 1 aliphatic carbocycles. The summed E-state index contributed by atoms with van der Waals surface area (Å²) in [6.45, 7) is 2.08. The molecule has 1 saturated carbocycles. The number of aromatic carboxylic acids is 1. The maximum atomic E-state index is 12.6. The lowest BCUT2D eigenvalue weighted by Gasteiger charge is -2.25. The fourth-order valence-corrected chi connectivity index (χ4v) is 3.66. The second kappa shape index (κ2) is 5.39. The molecule has 2 aliphatic rings. The van der Waals surface area contributed by atoms with Gasteiger partial charge >= 0.3 is 5.97 Å². The third-order valence-corrected chi connectivity index (χ3v) is 4.96. The first kappa shape index (κ1) is 15.0. The zero-order valence-electron chi connectivity index (χ0n) is 12.1. The minimum Gasteiger partial charge on any atom is -0.478 e. The first-order chi connectivity index (χ1) is 10.4. The highest BCUT2D eigenvalue weighted by Crippen LogP contribution is 2.42. The number of carbonyl (C=O) groups is 3. The average molecular weight is 322 g/mol. The first-order valence-corrected chi connectivity index (χ1v) is 7.68. The molecule has 3 unspecified atom stereocenters. The van der Waals surface area contributed by atoms with Gasteiger partial charge in [0.05, 0.1) is 28.1 Å². The highest BCUT2D eigenvalue weighted by atomic mass is 35.5. The van der Waals surface area contributed by atoms with E-state index in [2.05, 4.69) is 6.92 Å². The topological polar surface area (TPSA) is 74.7 Å². The SMILES string of the molecule is CC1CCC2C(=O)N(c3ccc(Cl)c(C(=O)O)c3)C(=O)C2C1. The Morgan fingerprint density at radius 3 is 2.59 bits per heavy atom. The van der Waals surface area contributed by atoms with E-state index in [1.165, 1.54) is 18.2 Å². The van der Waals surface area contributed by atoms with Crippen LogP contribution in [0.15, 0.2) is 18.2 Å². The van der Waals surface area contributed by atoms with Gasteiger partial charge in [-0.3, -0.25) is 14.5 Å². The van der Waals surface area contributed by atoms with Crippen molar-refractivity contribution in [3.63, 3.8) is 0 Å². The van der Waals surface area contributed by atoms with E-state index in [-0.39, 0.29) is 34.2 Å². The molecule has 1 saturated heterocycles. The number of rotatable bonds is 2. The van der Waals surface area contributed by atoms with E-state index >= 15 is 0 Å². The number of carboxylic acid groups (broad SMARTS) is 1. The smallest absolute Gasteiger partial charge is 0.337 e. The molecule has 1 aliphatic heterocycles. The zero-order valence-corrected chi connectivity index (χ0v) is 12.8. The number of fused-ring (bicyclic) bond motifs is 1. The van der Waals surface area contributed by atoms with Gasteiger partial charge in [0, 0.05) is 0 Å². The standard InChI is InChI=1S/C16H16ClNO4/c1-8-2-4-10-11(6-8)15(20)18(14(10)19)9-3-5-13(17)12(7-9)16(21)22/h3,5,7-8,10-11H,2,4,6H2,1H3,(H,21,22). The van der Waals surface area contributed by atoms with E-state index in [0.29, 0.717) is 24.4 Å². The Bertz CT molecular complexity index is 672. The van der Waals surface area contributed by atoms with Gasteiger partial charge in [-0.25, -0.2) is 4.79 Å². The molecule has 5 nitrogen and oxygen atoms in total. The number of carboxylic acids is 1. The minimum absolute atomic E-state index is 0.0846. The predicted molar refractivity (Wildman–Crippen MR) is 80.9 cm³/mol. The molecule has 1 N–H and O–H groups in total. The molecular weight excluding hydrogens is 306 g/mol. The van der Waals surface area contributed by atoms with Crippen LogP contribution in [0.4, 0.5) is 5.69 Å². The zero-order chi connectivity index (χ0) is 16.0. The lowest BCUT2D eigenvalue weighted by atomic mass is 9.76. The molecule has 1 aromatic carbocycles. The van der Waals surface area contributed by atoms with Gasteiger partial charge in [-0.1, -0.05) is 18.5 Å². The van der Waals surface area contributed by atoms with Crippen LogP contribution >= 0.6 is 11.6 Å². The van der Waals surface area contributed by atoms with Gasteiger partial charge in [0.15, 0.2) is 0 Å². The maximum Gasteiger partial charge on any atom is 0.337 e. The molecule has 22 heavy (non-hydrogen) atoms. The molecule has 1 aromatic rings. The summed E-state index contributed by atoms with van der Waals surface area (Å²) in [6, 6.07) is 4.22. The second-order valence-corrected chi connectivity index (χ2v) is 6.52. The quantitative estimate of drug-likeness (QED) is 0.850. The molecule has 116 valence electrons. The number of carbonyl (C=O) groups excluding carboxylic acids is 2. The molecule has 6 heteroatoms. The molecule has 3 rings (SSSR count). The molecule has 0 radical (unpaired) electrons. The summed E-state index contributed by atoms with van der Waals surface area (Å²) in [5, 5.41) is 9.22. The summed E-state index contributed by atoms with van der Waals surface area (Å²) in [4.78, 5) is 37.4. The van der Waals surface area contributed by atoms with E-state index in [1.807, 2.05) is 0 Å². The Balaban J connectivity index is 1.98. The lowest BCUT2D eigenvalue weighted by molar-refractivity contribution is -0.122. The summed E-state index contributed by atoms with van der Waals surface area (Å²) >= 11 is 5.84. The normalized spacial score (nSPS) is 27.9. The van der Waals surface area contributed by atoms with Crippen LogP contribution < -0.4 is 4.90 Å². The van der Waals surface area contributed by atoms with Crippen LogP contribution in [-0.2, 0) is 9.59 Å². The van der Waals surface area contributed by atoms with Crippen molar-refractivity contribution < 1.29 is 19.5 Å². The number of halogens is 1. The van der Waals surface area contributed by atoms with Gasteiger partial charge in [-0.05, 0) is 43.4 Å². The number of nitrogens with zero attached hydrogens (tertiary/aromatic N) is 1. The van der Waals surface area contributed by atoms with Gasteiger partial charge < -0.3 is 5.11 Å². The van der Waals surface area contributed by atoms with E-state index < -0.39 is 5.97 Å². The monoisotopic (exact) mass is 321 g/mol. The van der Waals surface area contributed by atoms with Crippen LogP contribution in [0.3, 0.4) is 0 Å². The maximum absolute atomic E-state index is 12.6. The number of hydrogen-bond acceptors (Lipinski definition) is 3. The molecule has 1 heterocycles. The highest BCUT2D eigenvalue weighted by Gasteiger charge is 2.50. The molecule has 0 spiro atoms. The Morgan fingerprint density at radius 1 is 1.23 bits per heavy atom. The van der Waals surface area contributed by atoms with Gasteiger partial charge in [-0.2, -0.15) is 0 Å². The highest BCUT2D eigenvalue weighted by molar-refractivity contribution is 6.34. The lowest BCUT2D eigenvalue weighted by Crippen LogP contribution is -2.31. The third kappa shape index (κ3) is 2.29. The van der Waals surface area contributed by atoms with Crippen molar-refractivity contribution in [1.82, 2.24) is 0 Å². The molecule has 2 fully saturated rings. The predicted octanol–water partition coefficient (Wildman–Crippen LogP) is 2.96. The molecule has 0 bridgehead atoms. The van der Waals surface area contributed by atoms with Crippen LogP contribution in [0.1, 0.15) is 36.5 Å². The van der Waals surface area contributed by atoms with Gasteiger partial charge in [0.2, 0.25) is 11.8 Å².